The molecule has 3 heterocycles. The number of nitrogens with one attached hydrogen (secondary N) is 1. The number of ether oxygens (including phenoxy) is 3. The molecule has 2 atom stereocenters. The van der Waals surface area contributed by atoms with Gasteiger partial charge in [0.1, 0.15) is 33.8 Å². The Morgan fingerprint density at radius 1 is 1.15 bits per heavy atom. The molecule has 1 N–H and O–H groups in total. The fraction of sp³-hybridized carbons (Fsp3) is 0.483. The molecule has 12 heteroatoms. The van der Waals surface area contributed by atoms with Crippen LogP contribution in [-0.4, -0.2) is 41.0 Å². The van der Waals surface area contributed by atoms with Crippen molar-refractivity contribution in [2.75, 3.05) is 11.5 Å². The van der Waals surface area contributed by atoms with Crippen LogP contribution in [0.1, 0.15) is 70.9 Å². The lowest BCUT2D eigenvalue weighted by atomic mass is 10.0. The first-order valence-electron chi connectivity index (χ1n) is 13.3. The molecule has 41 heavy (non-hydrogen) atoms. The zero-order chi connectivity index (χ0) is 30.1. The Morgan fingerprint density at radius 2 is 1.83 bits per heavy atom. The summed E-state index contributed by atoms with van der Waals surface area (Å²) in [6.45, 7) is 11.0. The molecule has 1 fully saturated rings. The molecule has 2 amide bonds. The second-order valence-corrected chi connectivity index (χ2v) is 13.6. The summed E-state index contributed by atoms with van der Waals surface area (Å²) >= 11 is 14.6. The van der Waals surface area contributed by atoms with Gasteiger partial charge < -0.3 is 19.5 Å². The number of nitrogens with zero attached hydrogens (tertiary/aromatic N) is 2. The van der Waals surface area contributed by atoms with Crippen molar-refractivity contribution in [3.63, 3.8) is 0 Å². The summed E-state index contributed by atoms with van der Waals surface area (Å²) in [7, 11) is 0. The van der Waals surface area contributed by atoms with Crippen molar-refractivity contribution in [1.82, 2.24) is 10.3 Å². The van der Waals surface area contributed by atoms with Crippen LogP contribution in [0, 0.1) is 5.82 Å². The smallest absolute Gasteiger partial charge is 0.415 e. The second-order valence-electron chi connectivity index (χ2n) is 11.8. The minimum atomic E-state index is -0.810. The zero-order valence-corrected chi connectivity index (χ0v) is 26.2. The summed E-state index contributed by atoms with van der Waals surface area (Å²) in [5.41, 5.74) is -0.456. The van der Waals surface area contributed by atoms with Gasteiger partial charge in [0.05, 0.1) is 32.9 Å². The topological polar surface area (TPSA) is 90.0 Å². The van der Waals surface area contributed by atoms with E-state index >= 15 is 0 Å². The molecule has 1 aromatic carbocycles. The lowest BCUT2D eigenvalue weighted by Crippen LogP contribution is -2.44. The number of carbonyl (C=O) groups is 2. The number of amides is 2. The highest BCUT2D eigenvalue weighted by Crippen LogP contribution is 2.46. The second kappa shape index (κ2) is 12.3. The van der Waals surface area contributed by atoms with Crippen LogP contribution in [0.15, 0.2) is 30.3 Å². The van der Waals surface area contributed by atoms with E-state index in [2.05, 4.69) is 10.3 Å². The monoisotopic (exact) mass is 625 g/mol. The third-order valence-electron chi connectivity index (χ3n) is 6.03. The van der Waals surface area contributed by atoms with Crippen molar-refractivity contribution in [3.05, 3.63) is 56.8 Å². The van der Waals surface area contributed by atoms with Crippen LogP contribution in [0.3, 0.4) is 0 Å². The van der Waals surface area contributed by atoms with Crippen molar-refractivity contribution >= 4 is 62.6 Å². The van der Waals surface area contributed by atoms with E-state index in [9.17, 15) is 14.0 Å². The number of fused-ring (bicyclic) bond motifs is 1. The van der Waals surface area contributed by atoms with Crippen LogP contribution in [0.5, 0.6) is 0 Å². The maximum atomic E-state index is 14.7. The number of rotatable bonds is 5. The molecule has 0 saturated carbocycles. The number of aromatic nitrogens is 1. The molecule has 222 valence electrons. The van der Waals surface area contributed by atoms with Gasteiger partial charge >= 0.3 is 12.2 Å². The summed E-state index contributed by atoms with van der Waals surface area (Å²) < 4.78 is 32.5. The summed E-state index contributed by atoms with van der Waals surface area (Å²) in [4.78, 5) is 32.5. The number of halogens is 3. The van der Waals surface area contributed by atoms with Gasteiger partial charge in [-0.05, 0) is 60.5 Å². The first kappa shape index (κ1) is 31.3. The van der Waals surface area contributed by atoms with Gasteiger partial charge in [0.2, 0.25) is 0 Å². The number of alkyl carbamates (subject to hydrolysis) is 1. The van der Waals surface area contributed by atoms with E-state index in [0.717, 1.165) is 6.42 Å². The molecule has 1 aliphatic rings. The Kier molecular flexibility index (Phi) is 9.38. The van der Waals surface area contributed by atoms with Crippen molar-refractivity contribution in [3.8, 4) is 0 Å². The molecule has 0 spiro atoms. The Bertz CT molecular complexity index is 1440. The lowest BCUT2D eigenvalue weighted by Gasteiger charge is -2.32. The largest absolute Gasteiger partial charge is 0.444 e. The maximum absolute atomic E-state index is 14.7. The number of pyridine rings is 1. The Morgan fingerprint density at radius 3 is 2.49 bits per heavy atom. The molecule has 0 unspecified atom stereocenters. The molecular weight excluding hydrogens is 592 g/mol. The zero-order valence-electron chi connectivity index (χ0n) is 23.8. The van der Waals surface area contributed by atoms with E-state index in [1.807, 2.05) is 0 Å². The maximum Gasteiger partial charge on any atom is 0.415 e. The normalized spacial score (nSPS) is 17.8. The standard InChI is InChI=1S/C29H34Cl2FN3O5S/c1-28(2,3)39-26(36)33-18-12-9-13-38-23(18)25-21(31)22-24(41-25)19(14-20(30)34-22)35(27(37)40-29(4,5)6)15-16-10-7-8-11-17(16)32/h7-8,10-11,14,18,23H,9,12-13,15H2,1-6H3,(H,33,36)/t18-,23-/m0/s1. The third-order valence-corrected chi connectivity index (χ3v) is 7.98. The van der Waals surface area contributed by atoms with Gasteiger partial charge in [0.15, 0.2) is 0 Å². The fourth-order valence-corrected chi connectivity index (χ4v) is 6.28. The number of benzene rings is 1. The van der Waals surface area contributed by atoms with Gasteiger partial charge in [-0.15, -0.1) is 11.3 Å². The minimum absolute atomic E-state index is 0.0915. The van der Waals surface area contributed by atoms with Crippen molar-refractivity contribution in [2.45, 2.75) is 84.3 Å². The van der Waals surface area contributed by atoms with Crippen molar-refractivity contribution in [2.24, 2.45) is 0 Å². The Hall–Kier alpha value is -2.66. The van der Waals surface area contributed by atoms with Gasteiger partial charge in [-0.25, -0.2) is 19.0 Å². The molecule has 0 bridgehead atoms. The SMILES string of the molecule is CC(C)(C)OC(=O)N[C@H]1CCCO[C@@H]1c1sc2c(N(Cc3ccccc3F)C(=O)OC(C)(C)C)cc(Cl)nc2c1Cl. The predicted octanol–water partition coefficient (Wildman–Crippen LogP) is 8.43. The summed E-state index contributed by atoms with van der Waals surface area (Å²) in [6.07, 6.45) is -0.445. The summed E-state index contributed by atoms with van der Waals surface area (Å²) in [5, 5.41) is 3.31. The number of hydrogen-bond donors (Lipinski definition) is 1. The number of carbonyl (C=O) groups excluding carboxylic acids is 2. The van der Waals surface area contributed by atoms with Gasteiger partial charge in [0.25, 0.3) is 0 Å². The van der Waals surface area contributed by atoms with Gasteiger partial charge in [-0.3, -0.25) is 4.90 Å². The Balaban J connectivity index is 1.79. The highest BCUT2D eigenvalue weighted by Gasteiger charge is 2.35. The summed E-state index contributed by atoms with van der Waals surface area (Å²) in [5.74, 6) is -0.464. The van der Waals surface area contributed by atoms with Crippen LogP contribution in [0.25, 0.3) is 10.2 Å². The molecule has 0 aliphatic carbocycles. The quantitative estimate of drug-likeness (QED) is 0.286. The molecule has 0 radical (unpaired) electrons. The average molecular weight is 627 g/mol. The van der Waals surface area contributed by atoms with E-state index < -0.39 is 41.4 Å². The predicted molar refractivity (Wildman–Crippen MR) is 160 cm³/mol. The number of hydrogen-bond acceptors (Lipinski definition) is 7. The lowest BCUT2D eigenvalue weighted by molar-refractivity contribution is -0.0144. The van der Waals surface area contributed by atoms with E-state index in [0.29, 0.717) is 44.4 Å². The van der Waals surface area contributed by atoms with E-state index in [1.54, 1.807) is 59.7 Å². The van der Waals surface area contributed by atoms with Gasteiger partial charge in [-0.2, -0.15) is 0 Å². The van der Waals surface area contributed by atoms with Crippen molar-refractivity contribution < 1.29 is 28.2 Å². The third kappa shape index (κ3) is 7.80. The summed E-state index contributed by atoms with van der Waals surface area (Å²) in [6, 6.07) is 7.32. The molecule has 1 aliphatic heterocycles. The molecule has 4 rings (SSSR count). The highest BCUT2D eigenvalue weighted by molar-refractivity contribution is 7.20. The first-order chi connectivity index (χ1) is 19.1. The molecule has 1 saturated heterocycles. The van der Waals surface area contributed by atoms with Gasteiger partial charge in [0, 0.05) is 18.2 Å². The highest BCUT2D eigenvalue weighted by atomic mass is 35.5. The van der Waals surface area contributed by atoms with E-state index in [4.69, 9.17) is 37.4 Å². The molecule has 8 nitrogen and oxygen atoms in total. The molecule has 3 aromatic rings. The minimum Gasteiger partial charge on any atom is -0.444 e. The Labute approximate surface area is 253 Å². The fourth-order valence-electron chi connectivity index (χ4n) is 4.40. The van der Waals surface area contributed by atoms with Crippen LogP contribution >= 0.6 is 34.5 Å². The number of thiophene rings is 1. The number of anilines is 1. The first-order valence-corrected chi connectivity index (χ1v) is 14.8. The average Bonchev–Trinajstić information content (AvgIpc) is 3.17. The van der Waals surface area contributed by atoms with Gasteiger partial charge in [-0.1, -0.05) is 41.4 Å². The van der Waals surface area contributed by atoms with E-state index in [1.165, 1.54) is 28.4 Å². The molecule has 2 aromatic heterocycles. The van der Waals surface area contributed by atoms with Crippen LogP contribution in [0.4, 0.5) is 19.7 Å². The molecular formula is C29H34Cl2FN3O5S. The van der Waals surface area contributed by atoms with Crippen LogP contribution < -0.4 is 10.2 Å². The van der Waals surface area contributed by atoms with Crippen LogP contribution in [-0.2, 0) is 20.8 Å². The van der Waals surface area contributed by atoms with Crippen LogP contribution in [0.2, 0.25) is 10.2 Å². The van der Waals surface area contributed by atoms with Crippen molar-refractivity contribution in [1.29, 1.82) is 0 Å². The van der Waals surface area contributed by atoms with E-state index in [-0.39, 0.29) is 11.7 Å².